The number of benzene rings is 2. The van der Waals surface area contributed by atoms with Crippen LogP contribution >= 0.6 is 12.4 Å². The molecule has 1 aliphatic heterocycles. The summed E-state index contributed by atoms with van der Waals surface area (Å²) in [4.78, 5) is 15.4. The summed E-state index contributed by atoms with van der Waals surface area (Å²) in [6.07, 6.45) is 5.11. The van der Waals surface area contributed by atoms with Gasteiger partial charge < -0.3 is 10.2 Å². The van der Waals surface area contributed by atoms with E-state index in [9.17, 15) is 13.2 Å². The standard InChI is InChI=1S/C30H45N3O3S.ClH/c1-7-17-32(22-24-15-18-33(19-16-24)37(6,35)36)23(2)20-25-9-8-10-28(21-25)31-29(34)26-11-13-27(14-12-26)30(3,4)5;/h8-14,21,23-24H,7,15-20,22H2,1-6H3,(H,31,34);1H. The molecule has 1 heterocycles. The van der Waals surface area contributed by atoms with Crippen LogP contribution in [0.3, 0.4) is 0 Å². The van der Waals surface area contributed by atoms with Crippen LogP contribution in [0, 0.1) is 5.92 Å². The molecule has 212 valence electrons. The molecule has 0 bridgehead atoms. The van der Waals surface area contributed by atoms with E-state index in [1.54, 1.807) is 4.31 Å². The molecular weight excluding hydrogens is 518 g/mol. The number of carbonyl (C=O) groups is 1. The zero-order chi connectivity index (χ0) is 27.2. The first-order valence-corrected chi connectivity index (χ1v) is 15.4. The van der Waals surface area contributed by atoms with Crippen LogP contribution in [0.25, 0.3) is 0 Å². The SMILES string of the molecule is CCCN(CC1CCN(S(C)(=O)=O)CC1)C(C)Cc1cccc(NC(=O)c2ccc(C(C)(C)C)cc2)c1.Cl. The Balaban J connectivity index is 0.00000507. The van der Waals surface area contributed by atoms with E-state index in [-0.39, 0.29) is 23.7 Å². The van der Waals surface area contributed by atoms with Crippen molar-refractivity contribution in [1.29, 1.82) is 0 Å². The monoisotopic (exact) mass is 563 g/mol. The van der Waals surface area contributed by atoms with Gasteiger partial charge in [0.05, 0.1) is 6.26 Å². The molecule has 1 aliphatic rings. The number of halogens is 1. The molecule has 1 saturated heterocycles. The van der Waals surface area contributed by atoms with Gasteiger partial charge in [-0.05, 0) is 85.9 Å². The van der Waals surface area contributed by atoms with Crippen LogP contribution in [-0.2, 0) is 21.9 Å². The van der Waals surface area contributed by atoms with Crippen molar-refractivity contribution in [2.75, 3.05) is 37.8 Å². The molecule has 1 unspecified atom stereocenters. The quantitative estimate of drug-likeness (QED) is 0.386. The Kier molecular flexibility index (Phi) is 11.8. The summed E-state index contributed by atoms with van der Waals surface area (Å²) in [6, 6.07) is 16.3. The highest BCUT2D eigenvalue weighted by Crippen LogP contribution is 2.24. The van der Waals surface area contributed by atoms with Crippen LogP contribution in [-0.4, -0.2) is 62.0 Å². The number of piperidine rings is 1. The van der Waals surface area contributed by atoms with E-state index >= 15 is 0 Å². The van der Waals surface area contributed by atoms with Gasteiger partial charge in [0, 0.05) is 36.9 Å². The molecule has 1 N–H and O–H groups in total. The predicted octanol–water partition coefficient (Wildman–Crippen LogP) is 5.97. The summed E-state index contributed by atoms with van der Waals surface area (Å²) >= 11 is 0. The Bertz CT molecular complexity index is 1140. The molecule has 2 aromatic rings. The average Bonchev–Trinajstić information content (AvgIpc) is 2.83. The summed E-state index contributed by atoms with van der Waals surface area (Å²) in [5, 5.41) is 3.06. The summed E-state index contributed by atoms with van der Waals surface area (Å²) in [6.45, 7) is 14.2. The van der Waals surface area contributed by atoms with Gasteiger partial charge >= 0.3 is 0 Å². The largest absolute Gasteiger partial charge is 0.322 e. The summed E-state index contributed by atoms with van der Waals surface area (Å²) in [7, 11) is -3.09. The lowest BCUT2D eigenvalue weighted by Crippen LogP contribution is -2.44. The maximum Gasteiger partial charge on any atom is 0.255 e. The van der Waals surface area contributed by atoms with Crippen LogP contribution in [0.2, 0.25) is 0 Å². The molecule has 8 heteroatoms. The van der Waals surface area contributed by atoms with Crippen LogP contribution in [0.5, 0.6) is 0 Å². The Morgan fingerprint density at radius 2 is 1.74 bits per heavy atom. The highest BCUT2D eigenvalue weighted by Gasteiger charge is 2.27. The molecular formula is C30H46ClN3O3S. The highest BCUT2D eigenvalue weighted by molar-refractivity contribution is 7.88. The Hall–Kier alpha value is -1.93. The Labute approximate surface area is 236 Å². The van der Waals surface area contributed by atoms with E-state index < -0.39 is 10.0 Å². The van der Waals surface area contributed by atoms with Gasteiger partial charge in [-0.2, -0.15) is 0 Å². The van der Waals surface area contributed by atoms with Gasteiger partial charge in [0.1, 0.15) is 0 Å². The van der Waals surface area contributed by atoms with Gasteiger partial charge in [-0.15, -0.1) is 12.4 Å². The number of rotatable bonds is 10. The molecule has 0 aromatic heterocycles. The fourth-order valence-electron chi connectivity index (χ4n) is 5.11. The first kappa shape index (κ1) is 32.3. The van der Waals surface area contributed by atoms with E-state index in [0.29, 0.717) is 30.6 Å². The highest BCUT2D eigenvalue weighted by atomic mass is 35.5. The molecule has 0 spiro atoms. The molecule has 38 heavy (non-hydrogen) atoms. The summed E-state index contributed by atoms with van der Waals surface area (Å²) < 4.78 is 25.3. The molecule has 6 nitrogen and oxygen atoms in total. The number of hydrogen-bond acceptors (Lipinski definition) is 4. The van der Waals surface area contributed by atoms with E-state index in [2.05, 4.69) is 57.0 Å². The van der Waals surface area contributed by atoms with Gasteiger partial charge in [0.25, 0.3) is 5.91 Å². The van der Waals surface area contributed by atoms with Crippen LogP contribution in [0.1, 0.15) is 75.4 Å². The lowest BCUT2D eigenvalue weighted by Gasteiger charge is -2.36. The van der Waals surface area contributed by atoms with Crippen molar-refractivity contribution in [3.05, 3.63) is 65.2 Å². The lowest BCUT2D eigenvalue weighted by atomic mass is 9.87. The van der Waals surface area contributed by atoms with E-state index in [1.165, 1.54) is 17.4 Å². The van der Waals surface area contributed by atoms with E-state index in [1.807, 2.05) is 36.4 Å². The topological polar surface area (TPSA) is 69.7 Å². The minimum Gasteiger partial charge on any atom is -0.322 e. The van der Waals surface area contributed by atoms with Crippen molar-refractivity contribution >= 4 is 34.0 Å². The van der Waals surface area contributed by atoms with Crippen molar-refractivity contribution in [3.8, 4) is 0 Å². The number of amides is 1. The van der Waals surface area contributed by atoms with E-state index in [0.717, 1.165) is 44.5 Å². The van der Waals surface area contributed by atoms with Crippen molar-refractivity contribution in [3.63, 3.8) is 0 Å². The molecule has 1 atom stereocenters. The van der Waals surface area contributed by atoms with Gasteiger partial charge in [-0.1, -0.05) is 52.0 Å². The number of carbonyl (C=O) groups excluding carboxylic acids is 1. The molecule has 1 fully saturated rings. The molecule has 1 amide bonds. The van der Waals surface area contributed by atoms with Gasteiger partial charge in [0.15, 0.2) is 0 Å². The van der Waals surface area contributed by atoms with Gasteiger partial charge in [0.2, 0.25) is 10.0 Å². The van der Waals surface area contributed by atoms with Crippen molar-refractivity contribution in [1.82, 2.24) is 9.21 Å². The second-order valence-electron chi connectivity index (χ2n) is 11.6. The first-order valence-electron chi connectivity index (χ1n) is 13.6. The van der Waals surface area contributed by atoms with Crippen LogP contribution < -0.4 is 5.32 Å². The molecule has 2 aromatic carbocycles. The normalized spacial score (nSPS) is 16.2. The number of nitrogens with one attached hydrogen (secondary N) is 1. The van der Waals surface area contributed by atoms with Crippen LogP contribution in [0.4, 0.5) is 5.69 Å². The second kappa shape index (κ2) is 13.9. The minimum absolute atomic E-state index is 0. The Morgan fingerprint density at radius 3 is 2.29 bits per heavy atom. The lowest BCUT2D eigenvalue weighted by molar-refractivity contribution is 0.102. The molecule has 0 aliphatic carbocycles. The third-order valence-electron chi connectivity index (χ3n) is 7.40. The minimum atomic E-state index is -3.09. The summed E-state index contributed by atoms with van der Waals surface area (Å²) in [5.41, 5.74) is 3.92. The maximum absolute atomic E-state index is 12.8. The third-order valence-corrected chi connectivity index (χ3v) is 8.70. The van der Waals surface area contributed by atoms with Crippen molar-refractivity contribution in [2.45, 2.75) is 71.8 Å². The number of hydrogen-bond donors (Lipinski definition) is 1. The number of sulfonamides is 1. The third kappa shape index (κ3) is 9.37. The van der Waals surface area contributed by atoms with Crippen LogP contribution in [0.15, 0.2) is 48.5 Å². The smallest absolute Gasteiger partial charge is 0.255 e. The van der Waals surface area contributed by atoms with Crippen molar-refractivity contribution < 1.29 is 13.2 Å². The maximum atomic E-state index is 12.8. The zero-order valence-electron chi connectivity index (χ0n) is 23.9. The Morgan fingerprint density at radius 1 is 1.11 bits per heavy atom. The van der Waals surface area contributed by atoms with Gasteiger partial charge in [-0.3, -0.25) is 4.79 Å². The number of nitrogens with zero attached hydrogens (tertiary/aromatic N) is 2. The second-order valence-corrected chi connectivity index (χ2v) is 13.6. The first-order chi connectivity index (χ1) is 17.4. The van der Waals surface area contributed by atoms with Crippen molar-refractivity contribution in [2.24, 2.45) is 5.92 Å². The van der Waals surface area contributed by atoms with Gasteiger partial charge in [-0.25, -0.2) is 12.7 Å². The summed E-state index contributed by atoms with van der Waals surface area (Å²) in [5.74, 6) is 0.418. The number of anilines is 1. The predicted molar refractivity (Wildman–Crippen MR) is 161 cm³/mol. The van der Waals surface area contributed by atoms with E-state index in [4.69, 9.17) is 0 Å². The zero-order valence-corrected chi connectivity index (χ0v) is 25.5. The molecule has 0 saturated carbocycles. The fourth-order valence-corrected chi connectivity index (χ4v) is 5.98. The fraction of sp³-hybridized carbons (Fsp3) is 0.567. The average molecular weight is 564 g/mol. The molecule has 0 radical (unpaired) electrons. The molecule has 3 rings (SSSR count).